The zero-order valence-electron chi connectivity index (χ0n) is 22.3. The molecule has 8 atom stereocenters. The van der Waals surface area contributed by atoms with E-state index in [9.17, 15) is 27.0 Å². The first-order chi connectivity index (χ1) is 16.6. The number of aliphatic hydroxyl groups is 2. The molecular formula is C26H46N2O6S2. The molecule has 0 aromatic carbocycles. The van der Waals surface area contributed by atoms with Gasteiger partial charge >= 0.3 is 0 Å². The lowest BCUT2D eigenvalue weighted by molar-refractivity contribution is 0.0148. The average molecular weight is 547 g/mol. The minimum atomic E-state index is -3.75. The van der Waals surface area contributed by atoms with Gasteiger partial charge in [-0.25, -0.2) is 26.3 Å². The van der Waals surface area contributed by atoms with Crippen LogP contribution in [0.3, 0.4) is 0 Å². The first kappa shape index (κ1) is 27.3. The highest BCUT2D eigenvalue weighted by atomic mass is 32.2. The number of fused-ring (bicyclic) bond motifs is 4. The molecule has 5 aliphatic carbocycles. The van der Waals surface area contributed by atoms with Crippen molar-refractivity contribution in [2.45, 2.75) is 116 Å². The van der Waals surface area contributed by atoms with Crippen molar-refractivity contribution in [2.75, 3.05) is 11.5 Å². The van der Waals surface area contributed by atoms with Gasteiger partial charge in [-0.1, -0.05) is 40.5 Å². The number of hydrogen-bond acceptors (Lipinski definition) is 6. The van der Waals surface area contributed by atoms with Crippen LogP contribution >= 0.6 is 0 Å². The van der Waals surface area contributed by atoms with Crippen molar-refractivity contribution in [3.8, 4) is 0 Å². The third-order valence-corrected chi connectivity index (χ3v) is 15.2. The van der Waals surface area contributed by atoms with E-state index < -0.39 is 55.2 Å². The highest BCUT2D eigenvalue weighted by Crippen LogP contribution is 2.67. The third kappa shape index (κ3) is 4.03. The molecule has 0 spiro atoms. The second-order valence-electron chi connectivity index (χ2n) is 14.0. The molecule has 5 saturated carbocycles. The average Bonchev–Trinajstić information content (AvgIpc) is 3.27. The lowest BCUT2D eigenvalue weighted by atomic mass is 9.70. The van der Waals surface area contributed by atoms with E-state index >= 15 is 0 Å². The van der Waals surface area contributed by atoms with E-state index in [1.54, 1.807) is 0 Å². The second-order valence-corrected chi connectivity index (χ2v) is 17.5. The predicted octanol–water partition coefficient (Wildman–Crippen LogP) is 2.51. The molecule has 0 radical (unpaired) electrons. The van der Waals surface area contributed by atoms with Crippen molar-refractivity contribution >= 4 is 20.0 Å². The Balaban J connectivity index is 1.30. The highest BCUT2D eigenvalue weighted by molar-refractivity contribution is 7.89. The maximum absolute atomic E-state index is 13.5. The van der Waals surface area contributed by atoms with Crippen molar-refractivity contribution in [1.82, 2.24) is 9.44 Å². The third-order valence-electron chi connectivity index (χ3n) is 12.1. The standard InChI is InChI=1S/C26H46N2O6S2/c1-23(2)17-9-11-25(23,21(29)13-17)15-35(31,32)27-19-7-5-6-8-20(19)28-36(33,34)16-26-12-10-18(14-22(26)30)24(26,3)4/h17-22,27-30H,5-16H2,1-4H3/t17-,18-,19+,20+,21+,22+,25-,26+/m0/s1. The van der Waals surface area contributed by atoms with Crippen LogP contribution in [0.1, 0.15) is 91.9 Å². The Hall–Kier alpha value is -0.260. The molecule has 0 aromatic heterocycles. The number of rotatable bonds is 8. The van der Waals surface area contributed by atoms with E-state index in [4.69, 9.17) is 0 Å². The van der Waals surface area contributed by atoms with Crippen LogP contribution in [0.25, 0.3) is 0 Å². The van der Waals surface area contributed by atoms with Crippen molar-refractivity contribution in [1.29, 1.82) is 0 Å². The van der Waals surface area contributed by atoms with E-state index in [1.807, 2.05) is 0 Å². The Kier molecular flexibility index (Phi) is 6.54. The predicted molar refractivity (Wildman–Crippen MR) is 139 cm³/mol. The summed E-state index contributed by atoms with van der Waals surface area (Å²) in [7, 11) is -7.49. The van der Waals surface area contributed by atoms with Crippen LogP contribution in [-0.4, -0.2) is 62.8 Å². The lowest BCUT2D eigenvalue weighted by Crippen LogP contribution is -2.57. The van der Waals surface area contributed by atoms with Gasteiger partial charge < -0.3 is 10.2 Å². The topological polar surface area (TPSA) is 133 Å². The van der Waals surface area contributed by atoms with E-state index in [-0.39, 0.29) is 22.3 Å². The molecule has 0 heterocycles. The van der Waals surface area contributed by atoms with E-state index in [2.05, 4.69) is 37.1 Å². The molecule has 5 aliphatic rings. The molecule has 4 bridgehead atoms. The largest absolute Gasteiger partial charge is 0.392 e. The van der Waals surface area contributed by atoms with Crippen LogP contribution in [0, 0.1) is 33.5 Å². The van der Waals surface area contributed by atoms with Crippen LogP contribution in [0.4, 0.5) is 0 Å². The van der Waals surface area contributed by atoms with Gasteiger partial charge in [-0.3, -0.25) is 0 Å². The lowest BCUT2D eigenvalue weighted by Gasteiger charge is -2.42. The number of nitrogens with one attached hydrogen (secondary N) is 2. The summed E-state index contributed by atoms with van der Waals surface area (Å²) < 4.78 is 59.6. The van der Waals surface area contributed by atoms with Crippen LogP contribution in [0.2, 0.25) is 0 Å². The van der Waals surface area contributed by atoms with E-state index in [0.29, 0.717) is 50.4 Å². The maximum atomic E-state index is 13.5. The smallest absolute Gasteiger partial charge is 0.212 e. The van der Waals surface area contributed by atoms with Crippen LogP contribution in [0.15, 0.2) is 0 Å². The number of hydrogen-bond donors (Lipinski definition) is 4. The SMILES string of the molecule is CC1(C)[C@H]2CC[C@]1(CS(=O)(=O)N[C@@H]1CCCC[C@H]1NS(=O)(=O)C[C@]13CC[C@@H](C[C@H]1O)C3(C)C)[C@H](O)C2. The molecule has 0 saturated heterocycles. The quantitative estimate of drug-likeness (QED) is 0.370. The molecule has 8 nitrogen and oxygen atoms in total. The van der Waals surface area contributed by atoms with Crippen molar-refractivity contribution in [3.05, 3.63) is 0 Å². The van der Waals surface area contributed by atoms with E-state index in [0.717, 1.165) is 25.7 Å². The molecule has 5 rings (SSSR count). The summed E-state index contributed by atoms with van der Waals surface area (Å²) in [4.78, 5) is 0. The second kappa shape index (κ2) is 8.62. The van der Waals surface area contributed by atoms with Gasteiger partial charge in [0.15, 0.2) is 0 Å². The van der Waals surface area contributed by atoms with E-state index in [1.165, 1.54) is 0 Å². The minimum absolute atomic E-state index is 0.120. The molecule has 208 valence electrons. The first-order valence-corrected chi connectivity index (χ1v) is 17.2. The Labute approximate surface area is 217 Å². The van der Waals surface area contributed by atoms with Crippen LogP contribution in [0.5, 0.6) is 0 Å². The fraction of sp³-hybridized carbons (Fsp3) is 1.00. The molecule has 0 unspecified atom stereocenters. The van der Waals surface area contributed by atoms with Crippen molar-refractivity contribution in [2.24, 2.45) is 33.5 Å². The van der Waals surface area contributed by atoms with Crippen LogP contribution in [-0.2, 0) is 20.0 Å². The summed E-state index contributed by atoms with van der Waals surface area (Å²) in [5.74, 6) is 0.431. The Morgan fingerprint density at radius 2 is 1.03 bits per heavy atom. The van der Waals surface area contributed by atoms with Crippen molar-refractivity contribution in [3.63, 3.8) is 0 Å². The monoisotopic (exact) mass is 546 g/mol. The molecule has 10 heteroatoms. The molecular weight excluding hydrogens is 500 g/mol. The van der Waals surface area contributed by atoms with Gasteiger partial charge in [0.05, 0.1) is 23.7 Å². The Bertz CT molecular complexity index is 1000. The highest BCUT2D eigenvalue weighted by Gasteiger charge is 2.66. The molecule has 0 aromatic rings. The summed E-state index contributed by atoms with van der Waals surface area (Å²) in [5, 5.41) is 21.7. The van der Waals surface area contributed by atoms with Gasteiger partial charge in [0.1, 0.15) is 0 Å². The minimum Gasteiger partial charge on any atom is -0.392 e. The maximum Gasteiger partial charge on any atom is 0.212 e. The van der Waals surface area contributed by atoms with Gasteiger partial charge in [0, 0.05) is 22.9 Å². The van der Waals surface area contributed by atoms with Gasteiger partial charge in [-0.05, 0) is 74.0 Å². The van der Waals surface area contributed by atoms with Crippen molar-refractivity contribution < 1.29 is 27.0 Å². The Morgan fingerprint density at radius 1 is 0.667 bits per heavy atom. The van der Waals surface area contributed by atoms with Gasteiger partial charge in [0.25, 0.3) is 0 Å². The molecule has 0 aliphatic heterocycles. The Morgan fingerprint density at radius 3 is 1.31 bits per heavy atom. The number of sulfonamides is 2. The molecule has 0 amide bonds. The summed E-state index contributed by atoms with van der Waals surface area (Å²) in [6, 6.07) is -1.02. The zero-order valence-corrected chi connectivity index (χ0v) is 23.9. The van der Waals surface area contributed by atoms with Crippen LogP contribution < -0.4 is 9.44 Å². The van der Waals surface area contributed by atoms with Gasteiger partial charge in [-0.2, -0.15) is 0 Å². The van der Waals surface area contributed by atoms with Gasteiger partial charge in [-0.15, -0.1) is 0 Å². The molecule has 36 heavy (non-hydrogen) atoms. The zero-order chi connectivity index (χ0) is 26.4. The molecule has 5 fully saturated rings. The summed E-state index contributed by atoms with van der Waals surface area (Å²) in [6.45, 7) is 8.33. The molecule has 4 N–H and O–H groups in total. The fourth-order valence-electron chi connectivity index (χ4n) is 9.39. The van der Waals surface area contributed by atoms with Gasteiger partial charge in [0.2, 0.25) is 20.0 Å². The normalized spacial score (nSPS) is 45.4. The summed E-state index contributed by atoms with van der Waals surface area (Å²) in [6.07, 6.45) is 6.17. The fourth-order valence-corrected chi connectivity index (χ4v) is 13.8. The first-order valence-electron chi connectivity index (χ1n) is 13.9. The summed E-state index contributed by atoms with van der Waals surface area (Å²) >= 11 is 0. The summed E-state index contributed by atoms with van der Waals surface area (Å²) in [5.41, 5.74) is -1.81. The number of aliphatic hydroxyl groups excluding tert-OH is 2.